The molecular weight excluding hydrogens is 356 g/mol. The molecule has 0 heterocycles. The van der Waals surface area contributed by atoms with E-state index in [1.54, 1.807) is 12.3 Å². The fourth-order valence-electron chi connectivity index (χ4n) is 1.86. The van der Waals surface area contributed by atoms with Crippen molar-refractivity contribution in [1.29, 1.82) is 0 Å². The van der Waals surface area contributed by atoms with Gasteiger partial charge in [0.15, 0.2) is 0 Å². The van der Waals surface area contributed by atoms with Crippen molar-refractivity contribution in [3.8, 4) is 5.75 Å². The average Bonchev–Trinajstić information content (AvgIpc) is 2.55. The van der Waals surface area contributed by atoms with E-state index in [0.717, 1.165) is 21.3 Å². The van der Waals surface area contributed by atoms with Gasteiger partial charge in [0.05, 0.1) is 17.1 Å². The van der Waals surface area contributed by atoms with Crippen LogP contribution in [0.5, 0.6) is 5.75 Å². The van der Waals surface area contributed by atoms with E-state index in [9.17, 15) is 4.79 Å². The minimum absolute atomic E-state index is 0.155. The quantitative estimate of drug-likeness (QED) is 0.457. The van der Waals surface area contributed by atoms with E-state index in [0.29, 0.717) is 13.0 Å². The maximum absolute atomic E-state index is 11.8. The van der Waals surface area contributed by atoms with E-state index in [2.05, 4.69) is 33.0 Å². The highest BCUT2D eigenvalue weighted by Crippen LogP contribution is 2.25. The standard InChI is InChI=1S/C18H17BrN2O2/c1-2-10-23-17-9-8-15(11-16(17)19)13-20-21-18(22)12-14-6-4-3-5-7-14/h2-9,11,13H,1,10,12H2,(H,21,22)/b20-13-. The molecule has 5 heteroatoms. The lowest BCUT2D eigenvalue weighted by Gasteiger charge is -2.06. The van der Waals surface area contributed by atoms with Crippen LogP contribution in [0.3, 0.4) is 0 Å². The molecule has 1 N–H and O–H groups in total. The molecule has 0 unspecified atom stereocenters. The molecule has 0 saturated carbocycles. The molecule has 2 rings (SSSR count). The van der Waals surface area contributed by atoms with Gasteiger partial charge in [-0.2, -0.15) is 5.10 Å². The van der Waals surface area contributed by atoms with Crippen molar-refractivity contribution in [2.75, 3.05) is 6.61 Å². The molecule has 0 aliphatic carbocycles. The first-order valence-electron chi connectivity index (χ1n) is 7.08. The molecule has 0 spiro atoms. The summed E-state index contributed by atoms with van der Waals surface area (Å²) in [5.41, 5.74) is 4.32. The van der Waals surface area contributed by atoms with Crippen LogP contribution in [0.2, 0.25) is 0 Å². The van der Waals surface area contributed by atoms with Crippen molar-refractivity contribution < 1.29 is 9.53 Å². The Labute approximate surface area is 144 Å². The van der Waals surface area contributed by atoms with E-state index in [1.807, 2.05) is 48.5 Å². The van der Waals surface area contributed by atoms with Crippen LogP contribution >= 0.6 is 15.9 Å². The third-order valence-electron chi connectivity index (χ3n) is 2.92. The smallest absolute Gasteiger partial charge is 0.244 e. The largest absolute Gasteiger partial charge is 0.488 e. The second-order valence-corrected chi connectivity index (χ2v) is 5.60. The molecule has 0 fully saturated rings. The number of ether oxygens (including phenoxy) is 1. The molecule has 2 aromatic rings. The summed E-state index contributed by atoms with van der Waals surface area (Å²) in [6.45, 7) is 4.05. The first-order chi connectivity index (χ1) is 11.2. The number of rotatable bonds is 7. The van der Waals surface area contributed by atoms with Gasteiger partial charge < -0.3 is 4.74 Å². The molecule has 118 valence electrons. The molecule has 23 heavy (non-hydrogen) atoms. The summed E-state index contributed by atoms with van der Waals surface area (Å²) in [5, 5.41) is 3.97. The first kappa shape index (κ1) is 17.0. The van der Waals surface area contributed by atoms with E-state index < -0.39 is 0 Å². The van der Waals surface area contributed by atoms with Gasteiger partial charge in [0, 0.05) is 0 Å². The topological polar surface area (TPSA) is 50.7 Å². The maximum Gasteiger partial charge on any atom is 0.244 e. The SMILES string of the molecule is C=CCOc1ccc(/C=N\NC(=O)Cc2ccccc2)cc1Br. The Balaban J connectivity index is 1.89. The number of hydrazone groups is 1. The Hall–Kier alpha value is -2.40. The Bertz CT molecular complexity index is 699. The number of nitrogens with zero attached hydrogens (tertiary/aromatic N) is 1. The Kier molecular flexibility index (Phi) is 6.56. The van der Waals surface area contributed by atoms with Gasteiger partial charge in [0.2, 0.25) is 5.91 Å². The molecule has 0 bridgehead atoms. The summed E-state index contributed by atoms with van der Waals surface area (Å²) in [5.74, 6) is 0.576. The van der Waals surface area contributed by atoms with Gasteiger partial charge in [-0.1, -0.05) is 43.0 Å². The second kappa shape index (κ2) is 8.90. The fraction of sp³-hybridized carbons (Fsp3) is 0.111. The van der Waals surface area contributed by atoms with Crippen LogP contribution in [0.1, 0.15) is 11.1 Å². The number of amides is 1. The number of nitrogens with one attached hydrogen (secondary N) is 1. The van der Waals surface area contributed by atoms with Crippen molar-refractivity contribution in [2.45, 2.75) is 6.42 Å². The van der Waals surface area contributed by atoms with E-state index in [4.69, 9.17) is 4.74 Å². The average molecular weight is 373 g/mol. The number of benzene rings is 2. The predicted molar refractivity (Wildman–Crippen MR) is 95.7 cm³/mol. The molecule has 2 aromatic carbocycles. The first-order valence-corrected chi connectivity index (χ1v) is 7.87. The molecule has 0 aliphatic rings. The van der Waals surface area contributed by atoms with Crippen LogP contribution in [0.4, 0.5) is 0 Å². The third-order valence-corrected chi connectivity index (χ3v) is 3.54. The number of carbonyl (C=O) groups is 1. The molecular formula is C18H17BrN2O2. The van der Waals surface area contributed by atoms with E-state index in [-0.39, 0.29) is 5.91 Å². The highest BCUT2D eigenvalue weighted by Gasteiger charge is 2.02. The van der Waals surface area contributed by atoms with Crippen molar-refractivity contribution in [2.24, 2.45) is 5.10 Å². The molecule has 0 aliphatic heterocycles. The number of halogens is 1. The van der Waals surface area contributed by atoms with Gasteiger partial charge in [-0.05, 0) is 45.3 Å². The fourth-order valence-corrected chi connectivity index (χ4v) is 2.37. The third kappa shape index (κ3) is 5.71. The minimum atomic E-state index is -0.155. The number of hydrogen-bond donors (Lipinski definition) is 1. The van der Waals surface area contributed by atoms with Crippen LogP contribution in [0, 0.1) is 0 Å². The highest BCUT2D eigenvalue weighted by molar-refractivity contribution is 9.10. The van der Waals surface area contributed by atoms with Crippen LogP contribution in [-0.4, -0.2) is 18.7 Å². The Morgan fingerprint density at radius 1 is 1.26 bits per heavy atom. The number of carbonyl (C=O) groups excluding carboxylic acids is 1. The van der Waals surface area contributed by atoms with Gasteiger partial charge in [-0.25, -0.2) is 5.43 Å². The summed E-state index contributed by atoms with van der Waals surface area (Å²) in [6, 6.07) is 15.1. The number of hydrogen-bond acceptors (Lipinski definition) is 3. The molecule has 0 atom stereocenters. The zero-order chi connectivity index (χ0) is 16.5. The highest BCUT2D eigenvalue weighted by atomic mass is 79.9. The van der Waals surface area contributed by atoms with Crippen LogP contribution in [-0.2, 0) is 11.2 Å². The lowest BCUT2D eigenvalue weighted by molar-refractivity contribution is -0.120. The minimum Gasteiger partial charge on any atom is -0.488 e. The van der Waals surface area contributed by atoms with Crippen LogP contribution < -0.4 is 10.2 Å². The molecule has 1 amide bonds. The van der Waals surface area contributed by atoms with Gasteiger partial charge >= 0.3 is 0 Å². The van der Waals surface area contributed by atoms with Crippen molar-refractivity contribution in [1.82, 2.24) is 5.43 Å². The Morgan fingerprint density at radius 2 is 2.04 bits per heavy atom. The molecule has 0 saturated heterocycles. The summed E-state index contributed by atoms with van der Waals surface area (Å²) < 4.78 is 6.29. The van der Waals surface area contributed by atoms with Gasteiger partial charge in [-0.15, -0.1) is 0 Å². The van der Waals surface area contributed by atoms with Gasteiger partial charge in [0.25, 0.3) is 0 Å². The van der Waals surface area contributed by atoms with Crippen LogP contribution in [0.15, 0.2) is 70.8 Å². The van der Waals surface area contributed by atoms with Crippen LogP contribution in [0.25, 0.3) is 0 Å². The van der Waals surface area contributed by atoms with Gasteiger partial charge in [-0.3, -0.25) is 4.79 Å². The Morgan fingerprint density at radius 3 is 2.74 bits per heavy atom. The monoisotopic (exact) mass is 372 g/mol. The molecule has 0 radical (unpaired) electrons. The van der Waals surface area contributed by atoms with Crippen molar-refractivity contribution in [3.05, 3.63) is 76.8 Å². The van der Waals surface area contributed by atoms with Gasteiger partial charge in [0.1, 0.15) is 12.4 Å². The summed E-state index contributed by atoms with van der Waals surface area (Å²) in [6.07, 6.45) is 3.57. The summed E-state index contributed by atoms with van der Waals surface area (Å²) in [7, 11) is 0. The molecule has 0 aromatic heterocycles. The van der Waals surface area contributed by atoms with Crippen molar-refractivity contribution in [3.63, 3.8) is 0 Å². The van der Waals surface area contributed by atoms with Crippen molar-refractivity contribution >= 4 is 28.1 Å². The lowest BCUT2D eigenvalue weighted by atomic mass is 10.1. The predicted octanol–water partition coefficient (Wildman–Crippen LogP) is 3.71. The summed E-state index contributed by atoms with van der Waals surface area (Å²) >= 11 is 3.43. The van der Waals surface area contributed by atoms with E-state index in [1.165, 1.54) is 0 Å². The van der Waals surface area contributed by atoms with E-state index >= 15 is 0 Å². The zero-order valence-electron chi connectivity index (χ0n) is 12.5. The molecule has 4 nitrogen and oxygen atoms in total. The normalized spacial score (nSPS) is 10.5. The summed E-state index contributed by atoms with van der Waals surface area (Å²) in [4.78, 5) is 11.8. The second-order valence-electron chi connectivity index (χ2n) is 4.75. The maximum atomic E-state index is 11.8. The zero-order valence-corrected chi connectivity index (χ0v) is 14.1. The lowest BCUT2D eigenvalue weighted by Crippen LogP contribution is -2.19.